The lowest BCUT2D eigenvalue weighted by Gasteiger charge is -2.28. The van der Waals surface area contributed by atoms with Gasteiger partial charge < -0.3 is 9.47 Å². The van der Waals surface area contributed by atoms with E-state index in [2.05, 4.69) is 13.0 Å². The largest absolute Gasteiger partial charge is 0.493 e. The Hall–Kier alpha value is -1.02. The first kappa shape index (κ1) is 7.39. The highest BCUT2D eigenvalue weighted by molar-refractivity contribution is 5.42. The summed E-state index contributed by atoms with van der Waals surface area (Å²) in [6.45, 7) is 3.81. The summed E-state index contributed by atoms with van der Waals surface area (Å²) < 4.78 is 11.2. The van der Waals surface area contributed by atoms with Crippen molar-refractivity contribution in [3.05, 3.63) is 29.8 Å². The van der Waals surface area contributed by atoms with Gasteiger partial charge in [0.25, 0.3) is 0 Å². The van der Waals surface area contributed by atoms with Gasteiger partial charge >= 0.3 is 0 Å². The van der Waals surface area contributed by atoms with Crippen molar-refractivity contribution in [1.29, 1.82) is 0 Å². The van der Waals surface area contributed by atoms with Crippen molar-refractivity contribution in [2.24, 2.45) is 5.92 Å². The van der Waals surface area contributed by atoms with Gasteiger partial charge in [0.2, 0.25) is 0 Å². The van der Waals surface area contributed by atoms with Crippen LogP contribution in [0.5, 0.6) is 5.75 Å². The van der Waals surface area contributed by atoms with Crippen LogP contribution in [0.4, 0.5) is 0 Å². The highest BCUT2D eigenvalue weighted by Gasteiger charge is 2.54. The monoisotopic (exact) mass is 176 g/mol. The van der Waals surface area contributed by atoms with Crippen LogP contribution in [0.25, 0.3) is 0 Å². The lowest BCUT2D eigenvalue weighted by atomic mass is 9.85. The highest BCUT2D eigenvalue weighted by atomic mass is 16.6. The number of hydrogen-bond donors (Lipinski definition) is 0. The molecule has 2 heteroatoms. The molecule has 0 saturated carbocycles. The third kappa shape index (κ3) is 0.866. The molecule has 2 aliphatic heterocycles. The third-order valence-electron chi connectivity index (χ3n) is 3.08. The van der Waals surface area contributed by atoms with Crippen LogP contribution in [0.3, 0.4) is 0 Å². The number of hydrogen-bond acceptors (Lipinski definition) is 2. The Bertz CT molecular complexity index is 342. The Labute approximate surface area is 77.5 Å². The van der Waals surface area contributed by atoms with Crippen LogP contribution in [0, 0.1) is 5.92 Å². The lowest BCUT2D eigenvalue weighted by molar-refractivity contribution is 0.128. The molecule has 1 saturated heterocycles. The van der Waals surface area contributed by atoms with E-state index < -0.39 is 0 Å². The summed E-state index contributed by atoms with van der Waals surface area (Å²) in [5.41, 5.74) is 1.23. The van der Waals surface area contributed by atoms with Crippen molar-refractivity contribution >= 4 is 0 Å². The van der Waals surface area contributed by atoms with Crippen LogP contribution in [-0.4, -0.2) is 13.2 Å². The smallest absolute Gasteiger partial charge is 0.126 e. The fourth-order valence-electron chi connectivity index (χ4n) is 2.07. The molecule has 0 amide bonds. The van der Waals surface area contributed by atoms with E-state index in [1.807, 2.05) is 18.2 Å². The van der Waals surface area contributed by atoms with Gasteiger partial charge in [-0.25, -0.2) is 0 Å². The zero-order chi connectivity index (χ0) is 8.89. The number of benzene rings is 1. The summed E-state index contributed by atoms with van der Waals surface area (Å²) in [6.07, 6.45) is 0. The molecule has 0 bridgehead atoms. The van der Waals surface area contributed by atoms with Gasteiger partial charge in [-0.15, -0.1) is 0 Å². The second-order valence-electron chi connectivity index (χ2n) is 3.89. The predicted molar refractivity (Wildman–Crippen MR) is 48.7 cm³/mol. The second kappa shape index (κ2) is 2.26. The van der Waals surface area contributed by atoms with E-state index in [9.17, 15) is 0 Å². The quantitative estimate of drug-likeness (QED) is 0.563. The maximum Gasteiger partial charge on any atom is 0.126 e. The van der Waals surface area contributed by atoms with Crippen LogP contribution >= 0.6 is 0 Å². The fraction of sp³-hybridized carbons (Fsp3) is 0.455. The number of epoxide rings is 1. The molecule has 2 heterocycles. The zero-order valence-corrected chi connectivity index (χ0v) is 7.62. The van der Waals surface area contributed by atoms with Crippen LogP contribution in [0.1, 0.15) is 12.5 Å². The average Bonchev–Trinajstić information content (AvgIpc) is 2.94. The molecule has 13 heavy (non-hydrogen) atoms. The molecule has 1 fully saturated rings. The Morgan fingerprint density at radius 2 is 2.15 bits per heavy atom. The molecule has 0 radical (unpaired) electrons. The molecule has 0 N–H and O–H groups in total. The second-order valence-corrected chi connectivity index (χ2v) is 3.89. The Morgan fingerprint density at radius 1 is 1.38 bits per heavy atom. The van der Waals surface area contributed by atoms with Crippen LogP contribution in [-0.2, 0) is 10.3 Å². The van der Waals surface area contributed by atoms with E-state index >= 15 is 0 Å². The van der Waals surface area contributed by atoms with Crippen molar-refractivity contribution < 1.29 is 9.47 Å². The molecule has 2 aliphatic rings. The minimum Gasteiger partial charge on any atom is -0.493 e. The van der Waals surface area contributed by atoms with Gasteiger partial charge in [0, 0.05) is 11.5 Å². The molecule has 0 aromatic heterocycles. The molecule has 1 aromatic rings. The van der Waals surface area contributed by atoms with E-state index in [4.69, 9.17) is 9.47 Å². The SMILES string of the molecule is CC1COc2ccccc2C12CO2. The molecule has 2 nitrogen and oxygen atoms in total. The molecule has 0 aliphatic carbocycles. The molecular formula is C11H12O2. The molecule has 3 rings (SSSR count). The first-order valence-corrected chi connectivity index (χ1v) is 4.69. The topological polar surface area (TPSA) is 21.8 Å². The van der Waals surface area contributed by atoms with Gasteiger partial charge in [0.1, 0.15) is 11.4 Å². The van der Waals surface area contributed by atoms with E-state index in [0.29, 0.717) is 5.92 Å². The fourth-order valence-corrected chi connectivity index (χ4v) is 2.07. The van der Waals surface area contributed by atoms with Crippen molar-refractivity contribution in [3.8, 4) is 5.75 Å². The molecule has 1 aromatic carbocycles. The molecule has 2 unspecified atom stereocenters. The number of fused-ring (bicyclic) bond motifs is 2. The van der Waals surface area contributed by atoms with Gasteiger partial charge in [0.15, 0.2) is 0 Å². The number of ether oxygens (including phenoxy) is 2. The standard InChI is InChI=1S/C11H12O2/c1-8-6-12-10-5-3-2-4-9(10)11(8)7-13-11/h2-5,8H,6-7H2,1H3. The van der Waals surface area contributed by atoms with Crippen LogP contribution in [0.15, 0.2) is 24.3 Å². The van der Waals surface area contributed by atoms with Crippen LogP contribution < -0.4 is 4.74 Å². The minimum atomic E-state index is -0.00512. The maximum absolute atomic E-state index is 5.63. The molecule has 1 spiro atoms. The van der Waals surface area contributed by atoms with Gasteiger partial charge in [-0.1, -0.05) is 25.1 Å². The van der Waals surface area contributed by atoms with E-state index in [-0.39, 0.29) is 5.60 Å². The van der Waals surface area contributed by atoms with Crippen molar-refractivity contribution in [2.45, 2.75) is 12.5 Å². The summed E-state index contributed by atoms with van der Waals surface area (Å²) in [6, 6.07) is 8.18. The summed E-state index contributed by atoms with van der Waals surface area (Å²) in [7, 11) is 0. The molecule has 68 valence electrons. The van der Waals surface area contributed by atoms with Gasteiger partial charge in [-0.05, 0) is 6.07 Å². The summed E-state index contributed by atoms with van der Waals surface area (Å²) in [5, 5.41) is 0. The first-order valence-electron chi connectivity index (χ1n) is 4.69. The van der Waals surface area contributed by atoms with Crippen molar-refractivity contribution in [2.75, 3.05) is 13.2 Å². The lowest BCUT2D eigenvalue weighted by Crippen LogP contribution is -2.30. The Morgan fingerprint density at radius 3 is 2.92 bits per heavy atom. The van der Waals surface area contributed by atoms with Gasteiger partial charge in [-0.3, -0.25) is 0 Å². The average molecular weight is 176 g/mol. The van der Waals surface area contributed by atoms with E-state index in [0.717, 1.165) is 19.0 Å². The predicted octanol–water partition coefficient (Wildman–Crippen LogP) is 1.94. The summed E-state index contributed by atoms with van der Waals surface area (Å²) >= 11 is 0. The summed E-state index contributed by atoms with van der Waals surface area (Å²) in [4.78, 5) is 0. The van der Waals surface area contributed by atoms with Gasteiger partial charge in [0.05, 0.1) is 13.2 Å². The first-order chi connectivity index (χ1) is 6.33. The van der Waals surface area contributed by atoms with Gasteiger partial charge in [-0.2, -0.15) is 0 Å². The minimum absolute atomic E-state index is 0.00512. The summed E-state index contributed by atoms with van der Waals surface area (Å²) in [5.74, 6) is 1.47. The van der Waals surface area contributed by atoms with E-state index in [1.54, 1.807) is 0 Å². The highest BCUT2D eigenvalue weighted by Crippen LogP contribution is 2.51. The maximum atomic E-state index is 5.63. The Balaban J connectivity index is 2.15. The number of para-hydroxylation sites is 1. The number of rotatable bonds is 0. The molecular weight excluding hydrogens is 164 g/mol. The van der Waals surface area contributed by atoms with Crippen molar-refractivity contribution in [1.82, 2.24) is 0 Å². The molecule has 2 atom stereocenters. The zero-order valence-electron chi connectivity index (χ0n) is 7.62. The third-order valence-corrected chi connectivity index (χ3v) is 3.08. The van der Waals surface area contributed by atoms with Crippen LogP contribution in [0.2, 0.25) is 0 Å². The van der Waals surface area contributed by atoms with E-state index in [1.165, 1.54) is 5.56 Å². The van der Waals surface area contributed by atoms with Crippen molar-refractivity contribution in [3.63, 3.8) is 0 Å². The Kier molecular flexibility index (Phi) is 1.29. The normalized spacial score (nSPS) is 35.3.